The van der Waals surface area contributed by atoms with E-state index in [0.29, 0.717) is 17.9 Å². The monoisotopic (exact) mass is 279 g/mol. The van der Waals surface area contributed by atoms with Crippen LogP contribution in [0.4, 0.5) is 11.6 Å². The van der Waals surface area contributed by atoms with Gasteiger partial charge >= 0.3 is 0 Å². The first-order chi connectivity index (χ1) is 10.2. The summed E-state index contributed by atoms with van der Waals surface area (Å²) in [4.78, 5) is 23.3. The van der Waals surface area contributed by atoms with Gasteiger partial charge in [0.05, 0.1) is 11.3 Å². The normalized spacial score (nSPS) is 20.3. The fourth-order valence-corrected chi connectivity index (χ4v) is 3.30. The van der Waals surface area contributed by atoms with Crippen LogP contribution in [-0.4, -0.2) is 22.3 Å². The number of fused-ring (bicyclic) bond motifs is 2. The van der Waals surface area contributed by atoms with E-state index in [1.165, 1.54) is 11.3 Å². The second-order valence-electron chi connectivity index (χ2n) is 6.00. The Balaban J connectivity index is 1.75. The molecule has 1 atom stereocenters. The third kappa shape index (κ3) is 2.02. The summed E-state index contributed by atoms with van der Waals surface area (Å²) in [7, 11) is 0. The van der Waals surface area contributed by atoms with Crippen molar-refractivity contribution in [2.24, 2.45) is 5.92 Å². The van der Waals surface area contributed by atoms with Crippen LogP contribution in [0.15, 0.2) is 30.5 Å². The van der Waals surface area contributed by atoms with Crippen LogP contribution in [0.25, 0.3) is 0 Å². The quantitative estimate of drug-likeness (QED) is 0.805. The second-order valence-corrected chi connectivity index (χ2v) is 6.00. The Hall–Kier alpha value is -2.23. The lowest BCUT2D eigenvalue weighted by Crippen LogP contribution is -2.23. The molecule has 1 aliphatic heterocycles. The van der Waals surface area contributed by atoms with Gasteiger partial charge in [-0.3, -0.25) is 4.79 Å². The van der Waals surface area contributed by atoms with Gasteiger partial charge in [0.25, 0.3) is 0 Å². The first kappa shape index (κ1) is 12.5. The molecule has 2 aromatic rings. The topological polar surface area (TPSA) is 46.1 Å². The van der Waals surface area contributed by atoms with Gasteiger partial charge in [-0.2, -0.15) is 0 Å². The molecule has 0 bridgehead atoms. The Morgan fingerprint density at radius 2 is 2.10 bits per heavy atom. The number of carbonyl (C=O) groups is 1. The fourth-order valence-electron chi connectivity index (χ4n) is 3.30. The molecular formula is C17H17N3O. The number of nitrogens with zero attached hydrogens (tertiary/aromatic N) is 3. The fraction of sp³-hybridized carbons (Fsp3) is 0.353. The highest BCUT2D eigenvalue weighted by Gasteiger charge is 2.27. The maximum atomic E-state index is 12.0. The van der Waals surface area contributed by atoms with E-state index < -0.39 is 0 Å². The third-order valence-electron chi connectivity index (χ3n) is 4.36. The van der Waals surface area contributed by atoms with Gasteiger partial charge < -0.3 is 4.90 Å². The van der Waals surface area contributed by atoms with E-state index in [1.807, 2.05) is 6.07 Å². The summed E-state index contributed by atoms with van der Waals surface area (Å²) in [6, 6.07) is 8.37. The first-order valence-corrected chi connectivity index (χ1v) is 7.47. The molecular weight excluding hydrogens is 262 g/mol. The Labute approximate surface area is 123 Å². The van der Waals surface area contributed by atoms with Crippen LogP contribution in [0, 0.1) is 5.92 Å². The Kier molecular flexibility index (Phi) is 2.77. The molecule has 1 aromatic carbocycles. The van der Waals surface area contributed by atoms with Crippen LogP contribution in [0.2, 0.25) is 0 Å². The van der Waals surface area contributed by atoms with Crippen LogP contribution in [0.1, 0.15) is 35.0 Å². The summed E-state index contributed by atoms with van der Waals surface area (Å²) < 4.78 is 0. The van der Waals surface area contributed by atoms with Crippen molar-refractivity contribution < 1.29 is 4.79 Å². The molecule has 1 aromatic heterocycles. The van der Waals surface area contributed by atoms with Crippen molar-refractivity contribution in [3.63, 3.8) is 0 Å². The van der Waals surface area contributed by atoms with Crippen molar-refractivity contribution in [1.82, 2.24) is 9.97 Å². The predicted molar refractivity (Wildman–Crippen MR) is 81.0 cm³/mol. The summed E-state index contributed by atoms with van der Waals surface area (Å²) in [6.45, 7) is 3.01. The van der Waals surface area contributed by atoms with E-state index in [1.54, 1.807) is 6.20 Å². The number of para-hydroxylation sites is 1. The molecule has 0 radical (unpaired) electrons. The predicted octanol–water partition coefficient (Wildman–Crippen LogP) is 2.94. The van der Waals surface area contributed by atoms with Crippen LogP contribution in [-0.2, 0) is 12.8 Å². The number of carbonyl (C=O) groups excluding carboxylic acids is 1. The van der Waals surface area contributed by atoms with Crippen LogP contribution in [0.5, 0.6) is 0 Å². The summed E-state index contributed by atoms with van der Waals surface area (Å²) in [5, 5.41) is 0. The molecule has 0 N–H and O–H groups in total. The molecule has 1 aliphatic carbocycles. The molecule has 0 saturated heterocycles. The first-order valence-electron chi connectivity index (χ1n) is 7.47. The Bertz CT molecular complexity index is 726. The number of rotatable bonds is 1. The van der Waals surface area contributed by atoms with Crippen molar-refractivity contribution >= 4 is 17.4 Å². The van der Waals surface area contributed by atoms with Crippen molar-refractivity contribution in [3.8, 4) is 0 Å². The lowest BCUT2D eigenvalue weighted by molar-refractivity contribution is 0.0951. The minimum absolute atomic E-state index is 0.178. The zero-order valence-corrected chi connectivity index (χ0v) is 12.0. The molecule has 4 heteroatoms. The zero-order valence-electron chi connectivity index (χ0n) is 12.0. The van der Waals surface area contributed by atoms with Crippen molar-refractivity contribution in [1.29, 1.82) is 0 Å². The highest BCUT2D eigenvalue weighted by atomic mass is 16.1. The highest BCUT2D eigenvalue weighted by Crippen LogP contribution is 2.33. The van der Waals surface area contributed by atoms with Gasteiger partial charge in [0.1, 0.15) is 0 Å². The molecule has 4 rings (SSSR count). The molecule has 0 amide bonds. The van der Waals surface area contributed by atoms with Gasteiger partial charge in [0.15, 0.2) is 5.78 Å². The van der Waals surface area contributed by atoms with E-state index in [2.05, 4.69) is 40.0 Å². The smallest absolute Gasteiger partial charge is 0.230 e. The minimum Gasteiger partial charge on any atom is -0.310 e. The van der Waals surface area contributed by atoms with E-state index >= 15 is 0 Å². The molecule has 2 heterocycles. The van der Waals surface area contributed by atoms with Crippen molar-refractivity contribution in [3.05, 3.63) is 47.3 Å². The molecule has 0 spiro atoms. The summed E-state index contributed by atoms with van der Waals surface area (Å²) in [5.41, 5.74) is 4.15. The maximum absolute atomic E-state index is 12.0. The number of hydrogen-bond acceptors (Lipinski definition) is 4. The summed E-state index contributed by atoms with van der Waals surface area (Å²) >= 11 is 0. The molecule has 0 unspecified atom stereocenters. The van der Waals surface area contributed by atoms with Gasteiger partial charge in [-0.15, -0.1) is 0 Å². The van der Waals surface area contributed by atoms with Crippen molar-refractivity contribution in [2.75, 3.05) is 11.4 Å². The molecule has 4 nitrogen and oxygen atoms in total. The Morgan fingerprint density at radius 1 is 1.24 bits per heavy atom. The van der Waals surface area contributed by atoms with Gasteiger partial charge in [0, 0.05) is 24.8 Å². The SMILES string of the molecule is C[C@H]1CC(=O)c2cnc(N3CCc4ccccc43)nc2C1. The lowest BCUT2D eigenvalue weighted by atomic mass is 9.88. The van der Waals surface area contributed by atoms with Crippen molar-refractivity contribution in [2.45, 2.75) is 26.2 Å². The molecule has 21 heavy (non-hydrogen) atoms. The highest BCUT2D eigenvalue weighted by molar-refractivity contribution is 5.98. The summed E-state index contributed by atoms with van der Waals surface area (Å²) in [5.74, 6) is 1.27. The Morgan fingerprint density at radius 3 is 3.00 bits per heavy atom. The molecule has 106 valence electrons. The zero-order chi connectivity index (χ0) is 14.4. The van der Waals surface area contributed by atoms with E-state index in [0.717, 1.165) is 31.0 Å². The van der Waals surface area contributed by atoms with E-state index in [9.17, 15) is 4.79 Å². The standard InChI is InChI=1S/C17H17N3O/c1-11-8-14-13(16(21)9-11)10-18-17(19-14)20-7-6-12-4-2-3-5-15(12)20/h2-5,10-11H,6-9H2,1H3/t11-/m1/s1. The maximum Gasteiger partial charge on any atom is 0.230 e. The molecule has 0 saturated carbocycles. The number of ketones is 1. The van der Waals surface area contributed by atoms with Crippen LogP contribution >= 0.6 is 0 Å². The van der Waals surface area contributed by atoms with Gasteiger partial charge in [-0.05, 0) is 30.4 Å². The average Bonchev–Trinajstić information content (AvgIpc) is 2.90. The number of Topliss-reactive ketones (excluding diaryl/α,β-unsaturated/α-hetero) is 1. The number of benzene rings is 1. The van der Waals surface area contributed by atoms with Gasteiger partial charge in [-0.25, -0.2) is 9.97 Å². The summed E-state index contributed by atoms with van der Waals surface area (Å²) in [6.07, 6.45) is 4.22. The molecule has 2 aliphatic rings. The third-order valence-corrected chi connectivity index (χ3v) is 4.36. The second kappa shape index (κ2) is 4.65. The minimum atomic E-state index is 0.178. The number of hydrogen-bond donors (Lipinski definition) is 0. The number of aromatic nitrogens is 2. The van der Waals surface area contributed by atoms with E-state index in [4.69, 9.17) is 0 Å². The average molecular weight is 279 g/mol. The van der Waals surface area contributed by atoms with E-state index in [-0.39, 0.29) is 5.78 Å². The van der Waals surface area contributed by atoms with Crippen LogP contribution < -0.4 is 4.90 Å². The number of anilines is 2. The van der Waals surface area contributed by atoms with Crippen LogP contribution in [0.3, 0.4) is 0 Å². The molecule has 0 fully saturated rings. The van der Waals surface area contributed by atoms with Gasteiger partial charge in [0.2, 0.25) is 5.95 Å². The lowest BCUT2D eigenvalue weighted by Gasteiger charge is -2.22. The van der Waals surface area contributed by atoms with Gasteiger partial charge in [-0.1, -0.05) is 25.1 Å². The largest absolute Gasteiger partial charge is 0.310 e.